The maximum atomic E-state index is 13.4. The van der Waals surface area contributed by atoms with Gasteiger partial charge in [-0.15, -0.1) is 0 Å². The first-order valence-electron chi connectivity index (χ1n) is 4.45. The average Bonchev–Trinajstić information content (AvgIpc) is 2.18. The molecule has 0 heterocycles. The molecule has 1 rings (SSSR count). The van der Waals surface area contributed by atoms with Gasteiger partial charge in [-0.2, -0.15) is 13.2 Å². The Balaban J connectivity index is 2.82. The van der Waals surface area contributed by atoms with Crippen LogP contribution in [-0.2, 0) is 0 Å². The summed E-state index contributed by atoms with van der Waals surface area (Å²) in [4.78, 5) is 0. The second kappa shape index (κ2) is 4.87. The Kier molecular flexibility index (Phi) is 3.92. The van der Waals surface area contributed by atoms with Gasteiger partial charge in [-0.25, -0.2) is 4.39 Å². The molecule has 0 spiro atoms. The van der Waals surface area contributed by atoms with Gasteiger partial charge < -0.3 is 16.2 Å². The van der Waals surface area contributed by atoms with E-state index < -0.39 is 35.8 Å². The third-order valence-electron chi connectivity index (χ3n) is 1.85. The largest absolute Gasteiger partial charge is 0.488 e. The van der Waals surface area contributed by atoms with E-state index in [-0.39, 0.29) is 11.4 Å². The van der Waals surface area contributed by atoms with Gasteiger partial charge >= 0.3 is 6.18 Å². The molecular weight excluding hydrogens is 264 g/mol. The highest BCUT2D eigenvalue weighted by molar-refractivity contribution is 6.33. The normalized spacial score (nSPS) is 11.6. The molecule has 0 aliphatic carbocycles. The third kappa shape index (κ3) is 3.55. The lowest BCUT2D eigenvalue weighted by Gasteiger charge is -2.13. The molecule has 17 heavy (non-hydrogen) atoms. The number of hydrogen-bond donors (Lipinski definition) is 2. The number of anilines is 2. The second-order valence-electron chi connectivity index (χ2n) is 3.23. The first kappa shape index (κ1) is 13.7. The molecule has 0 aromatic heterocycles. The summed E-state index contributed by atoms with van der Waals surface area (Å²) < 4.78 is 53.6. The lowest BCUT2D eigenvalue weighted by Crippen LogP contribution is -2.14. The third-order valence-corrected chi connectivity index (χ3v) is 2.23. The van der Waals surface area contributed by atoms with Crippen LogP contribution in [0, 0.1) is 5.82 Å². The monoisotopic (exact) mass is 272 g/mol. The standard InChI is InChI=1S/C9H9ClF4N2O/c10-6-4(15)3-5(16)8(7(6)11)17-2-1-9(12,13)14/h3H,1-2,15-16H2. The zero-order valence-corrected chi connectivity index (χ0v) is 9.20. The molecule has 8 heteroatoms. The van der Waals surface area contributed by atoms with Crippen LogP contribution in [0.15, 0.2) is 6.07 Å². The second-order valence-corrected chi connectivity index (χ2v) is 3.60. The van der Waals surface area contributed by atoms with E-state index in [2.05, 4.69) is 4.74 Å². The maximum Gasteiger partial charge on any atom is 0.392 e. The van der Waals surface area contributed by atoms with Crippen LogP contribution in [0.1, 0.15) is 6.42 Å². The van der Waals surface area contributed by atoms with E-state index in [0.29, 0.717) is 0 Å². The fourth-order valence-corrected chi connectivity index (χ4v) is 1.21. The van der Waals surface area contributed by atoms with E-state index in [9.17, 15) is 17.6 Å². The Labute approximate surface area is 99.3 Å². The van der Waals surface area contributed by atoms with Crippen LogP contribution in [0.25, 0.3) is 0 Å². The summed E-state index contributed by atoms with van der Waals surface area (Å²) >= 11 is 5.47. The summed E-state index contributed by atoms with van der Waals surface area (Å²) in [7, 11) is 0. The first-order chi connectivity index (χ1) is 7.72. The molecule has 0 radical (unpaired) electrons. The zero-order valence-electron chi connectivity index (χ0n) is 8.44. The minimum Gasteiger partial charge on any atom is -0.488 e. The van der Waals surface area contributed by atoms with Crippen molar-refractivity contribution in [3.8, 4) is 5.75 Å². The summed E-state index contributed by atoms with van der Waals surface area (Å²) in [6.45, 7) is -0.745. The lowest BCUT2D eigenvalue weighted by atomic mass is 10.2. The lowest BCUT2D eigenvalue weighted by molar-refractivity contribution is -0.139. The number of nitrogens with two attached hydrogens (primary N) is 2. The van der Waals surface area contributed by atoms with Crippen molar-refractivity contribution in [2.45, 2.75) is 12.6 Å². The molecule has 0 saturated carbocycles. The average molecular weight is 273 g/mol. The van der Waals surface area contributed by atoms with Gasteiger partial charge in [0.2, 0.25) is 0 Å². The van der Waals surface area contributed by atoms with Crippen molar-refractivity contribution < 1.29 is 22.3 Å². The molecular formula is C9H9ClF4N2O. The molecule has 0 amide bonds. The summed E-state index contributed by atoms with van der Waals surface area (Å²) in [5.74, 6) is -1.58. The highest BCUT2D eigenvalue weighted by atomic mass is 35.5. The molecule has 3 nitrogen and oxygen atoms in total. The fourth-order valence-electron chi connectivity index (χ4n) is 1.07. The Bertz CT molecular complexity index is 422. The Morgan fingerprint density at radius 1 is 1.24 bits per heavy atom. The van der Waals surface area contributed by atoms with Crippen molar-refractivity contribution in [3.63, 3.8) is 0 Å². The van der Waals surface area contributed by atoms with Gasteiger partial charge in [0, 0.05) is 0 Å². The molecule has 1 aromatic rings. The predicted octanol–water partition coefficient (Wildman–Crippen LogP) is 2.97. The molecule has 0 aliphatic rings. The van der Waals surface area contributed by atoms with Crippen LogP contribution in [0.5, 0.6) is 5.75 Å². The molecule has 0 fully saturated rings. The maximum absolute atomic E-state index is 13.4. The summed E-state index contributed by atoms with van der Waals surface area (Å²) in [5.41, 5.74) is 10.3. The highest BCUT2D eigenvalue weighted by Gasteiger charge is 2.27. The minimum absolute atomic E-state index is 0.107. The number of rotatable bonds is 3. The summed E-state index contributed by atoms with van der Waals surface area (Å²) in [5, 5.41) is -0.429. The Hall–Kier alpha value is -1.37. The van der Waals surface area contributed by atoms with E-state index in [1.54, 1.807) is 0 Å². The van der Waals surface area contributed by atoms with Crippen LogP contribution in [-0.4, -0.2) is 12.8 Å². The SMILES string of the molecule is Nc1cc(N)c(OCCC(F)(F)F)c(F)c1Cl. The van der Waals surface area contributed by atoms with E-state index in [0.717, 1.165) is 6.07 Å². The van der Waals surface area contributed by atoms with Gasteiger partial charge in [0.1, 0.15) is 5.02 Å². The number of alkyl halides is 3. The van der Waals surface area contributed by atoms with E-state index in [1.807, 2.05) is 0 Å². The van der Waals surface area contributed by atoms with Gasteiger partial charge in [0.25, 0.3) is 0 Å². The van der Waals surface area contributed by atoms with E-state index in [1.165, 1.54) is 0 Å². The quantitative estimate of drug-likeness (QED) is 0.657. The van der Waals surface area contributed by atoms with Gasteiger partial charge in [0.05, 0.1) is 24.4 Å². The van der Waals surface area contributed by atoms with Crippen molar-refractivity contribution >= 4 is 23.0 Å². The molecule has 96 valence electrons. The minimum atomic E-state index is -4.39. The first-order valence-corrected chi connectivity index (χ1v) is 4.82. The number of nitrogen functional groups attached to an aromatic ring is 2. The van der Waals surface area contributed by atoms with Gasteiger partial charge in [0.15, 0.2) is 11.6 Å². The van der Waals surface area contributed by atoms with Crippen LogP contribution < -0.4 is 16.2 Å². The highest BCUT2D eigenvalue weighted by Crippen LogP contribution is 2.35. The van der Waals surface area contributed by atoms with Crippen molar-refractivity contribution in [2.24, 2.45) is 0 Å². The Morgan fingerprint density at radius 3 is 2.35 bits per heavy atom. The van der Waals surface area contributed by atoms with Crippen LogP contribution in [0.3, 0.4) is 0 Å². The van der Waals surface area contributed by atoms with Crippen molar-refractivity contribution in [3.05, 3.63) is 16.9 Å². The number of hydrogen-bond acceptors (Lipinski definition) is 3. The molecule has 1 aromatic carbocycles. The summed E-state index contributed by atoms with van der Waals surface area (Å²) in [6, 6.07) is 1.12. The van der Waals surface area contributed by atoms with E-state index >= 15 is 0 Å². The van der Waals surface area contributed by atoms with Gasteiger partial charge in [-0.05, 0) is 6.07 Å². The number of benzene rings is 1. The van der Waals surface area contributed by atoms with Crippen LogP contribution in [0.2, 0.25) is 5.02 Å². The smallest absolute Gasteiger partial charge is 0.392 e. The van der Waals surface area contributed by atoms with Crippen LogP contribution >= 0.6 is 11.6 Å². The fraction of sp³-hybridized carbons (Fsp3) is 0.333. The molecule has 0 atom stereocenters. The Morgan fingerprint density at radius 2 is 1.82 bits per heavy atom. The predicted molar refractivity (Wildman–Crippen MR) is 56.4 cm³/mol. The molecule has 0 aliphatic heterocycles. The molecule has 0 bridgehead atoms. The van der Waals surface area contributed by atoms with E-state index in [4.69, 9.17) is 23.1 Å². The van der Waals surface area contributed by atoms with Crippen molar-refractivity contribution in [1.29, 1.82) is 0 Å². The van der Waals surface area contributed by atoms with Gasteiger partial charge in [-0.1, -0.05) is 11.6 Å². The number of ether oxygens (including phenoxy) is 1. The zero-order chi connectivity index (χ0) is 13.2. The summed E-state index contributed by atoms with van der Waals surface area (Å²) in [6.07, 6.45) is -5.60. The van der Waals surface area contributed by atoms with Crippen LogP contribution in [0.4, 0.5) is 28.9 Å². The molecule has 4 N–H and O–H groups in total. The van der Waals surface area contributed by atoms with Gasteiger partial charge in [-0.3, -0.25) is 0 Å². The van der Waals surface area contributed by atoms with Crippen molar-refractivity contribution in [1.82, 2.24) is 0 Å². The molecule has 0 saturated heterocycles. The topological polar surface area (TPSA) is 61.3 Å². The van der Waals surface area contributed by atoms with Crippen molar-refractivity contribution in [2.75, 3.05) is 18.1 Å². The molecule has 0 unspecified atom stereocenters. The number of halogens is 5.